The zero-order valence-electron chi connectivity index (χ0n) is 22.4. The highest BCUT2D eigenvalue weighted by Gasteiger charge is 2.64. The first kappa shape index (κ1) is 24.1. The maximum Gasteiger partial charge on any atom is 0.222 e. The molecule has 1 amide bonds. The molecule has 4 saturated carbocycles. The van der Waals surface area contributed by atoms with Crippen molar-refractivity contribution in [3.05, 3.63) is 0 Å². The zero-order valence-corrected chi connectivity index (χ0v) is 22.4. The van der Waals surface area contributed by atoms with Crippen LogP contribution in [0.25, 0.3) is 0 Å². The minimum atomic E-state index is 0.277. The minimum Gasteiger partial charge on any atom is -0.375 e. The van der Waals surface area contributed by atoms with Gasteiger partial charge in [-0.2, -0.15) is 0 Å². The standard InChI is InChI=1S/C30H51NO2/c1-19(2)8-7-9-20(3)22-12-13-23-28-24(14-16-29(22,23)4)30(5)17-15-27(32)31(6)26(30)18-25(28)33-21-10-11-21/h19-26,28H,7-18H2,1-6H3/t20-,22-,23+,24+,25?,26?,28+,29-,30-/m1/s1. The van der Waals surface area contributed by atoms with E-state index >= 15 is 0 Å². The van der Waals surface area contributed by atoms with Crippen molar-refractivity contribution in [1.82, 2.24) is 4.90 Å². The number of likely N-dealkylation sites (tertiary alicyclic amines) is 1. The zero-order chi connectivity index (χ0) is 23.5. The molecule has 0 N–H and O–H groups in total. The van der Waals surface area contributed by atoms with Gasteiger partial charge in [-0.3, -0.25) is 4.79 Å². The molecule has 9 atom stereocenters. The van der Waals surface area contributed by atoms with E-state index < -0.39 is 0 Å². The molecule has 5 aliphatic rings. The summed E-state index contributed by atoms with van der Waals surface area (Å²) in [6.45, 7) is 12.5. The van der Waals surface area contributed by atoms with Crippen molar-refractivity contribution >= 4 is 5.91 Å². The van der Waals surface area contributed by atoms with Crippen LogP contribution in [0.5, 0.6) is 0 Å². The lowest BCUT2D eigenvalue weighted by atomic mass is 9.45. The molecule has 1 aliphatic heterocycles. The molecule has 0 aromatic rings. The molecule has 33 heavy (non-hydrogen) atoms. The van der Waals surface area contributed by atoms with Gasteiger partial charge in [-0.15, -0.1) is 0 Å². The predicted octanol–water partition coefficient (Wildman–Crippen LogP) is 7.09. The highest BCUT2D eigenvalue weighted by Crippen LogP contribution is 2.67. The molecule has 4 aliphatic carbocycles. The Morgan fingerprint density at radius 1 is 0.970 bits per heavy atom. The third-order valence-corrected chi connectivity index (χ3v) is 11.7. The number of rotatable bonds is 7. The number of carbonyl (C=O) groups excluding carboxylic acids is 1. The van der Waals surface area contributed by atoms with Gasteiger partial charge in [-0.1, -0.05) is 53.9 Å². The summed E-state index contributed by atoms with van der Waals surface area (Å²) in [7, 11) is 2.08. The molecule has 188 valence electrons. The number of nitrogens with zero attached hydrogens (tertiary/aromatic N) is 1. The highest BCUT2D eigenvalue weighted by molar-refractivity contribution is 5.77. The van der Waals surface area contributed by atoms with E-state index in [4.69, 9.17) is 4.74 Å². The summed E-state index contributed by atoms with van der Waals surface area (Å²) >= 11 is 0. The molecule has 0 bridgehead atoms. The Hall–Kier alpha value is -0.570. The van der Waals surface area contributed by atoms with Crippen molar-refractivity contribution in [2.45, 2.75) is 130 Å². The van der Waals surface area contributed by atoms with Crippen LogP contribution in [0.1, 0.15) is 112 Å². The van der Waals surface area contributed by atoms with Crippen LogP contribution in [-0.2, 0) is 9.53 Å². The van der Waals surface area contributed by atoms with Gasteiger partial charge < -0.3 is 9.64 Å². The van der Waals surface area contributed by atoms with Gasteiger partial charge in [-0.25, -0.2) is 0 Å². The van der Waals surface area contributed by atoms with E-state index in [1.54, 1.807) is 0 Å². The van der Waals surface area contributed by atoms with Crippen molar-refractivity contribution in [2.24, 2.45) is 46.3 Å². The molecule has 0 aromatic carbocycles. The second kappa shape index (κ2) is 8.82. The lowest BCUT2D eigenvalue weighted by Crippen LogP contribution is -2.65. The largest absolute Gasteiger partial charge is 0.375 e. The molecular formula is C30H51NO2. The van der Waals surface area contributed by atoms with Gasteiger partial charge in [-0.05, 0) is 97.7 Å². The fraction of sp³-hybridized carbons (Fsp3) is 0.967. The molecule has 1 saturated heterocycles. The number of ether oxygens (including phenoxy) is 1. The molecule has 0 radical (unpaired) electrons. The SMILES string of the molecule is CC(C)CCC[C@@H](C)[C@H]1CC[C@H]2[C@@H]3C(OC4CC4)CC4N(C)C(=O)CC[C@]4(C)[C@H]3CC[C@]12C. The summed E-state index contributed by atoms with van der Waals surface area (Å²) in [5, 5.41) is 0. The maximum absolute atomic E-state index is 12.7. The van der Waals surface area contributed by atoms with E-state index in [2.05, 4.69) is 46.6 Å². The lowest BCUT2D eigenvalue weighted by molar-refractivity contribution is -0.193. The van der Waals surface area contributed by atoms with E-state index in [1.165, 1.54) is 57.8 Å². The van der Waals surface area contributed by atoms with Gasteiger partial charge in [0.1, 0.15) is 0 Å². The molecule has 2 unspecified atom stereocenters. The molecule has 0 spiro atoms. The second-order valence-corrected chi connectivity index (χ2v) is 14.0. The van der Waals surface area contributed by atoms with Gasteiger partial charge in [0, 0.05) is 19.5 Å². The Kier molecular flexibility index (Phi) is 6.45. The van der Waals surface area contributed by atoms with Crippen LogP contribution in [0.4, 0.5) is 0 Å². The van der Waals surface area contributed by atoms with Crippen LogP contribution >= 0.6 is 0 Å². The Bertz CT molecular complexity index is 731. The number of piperidine rings is 1. The summed E-state index contributed by atoms with van der Waals surface area (Å²) in [6.07, 6.45) is 16.1. The van der Waals surface area contributed by atoms with Crippen molar-refractivity contribution in [2.75, 3.05) is 7.05 Å². The predicted molar refractivity (Wildman–Crippen MR) is 135 cm³/mol. The average Bonchev–Trinajstić information content (AvgIpc) is 3.50. The average molecular weight is 458 g/mol. The molecule has 3 heteroatoms. The quantitative estimate of drug-likeness (QED) is 0.408. The Balaban J connectivity index is 1.39. The van der Waals surface area contributed by atoms with Gasteiger partial charge in [0.25, 0.3) is 0 Å². The van der Waals surface area contributed by atoms with Crippen LogP contribution in [0, 0.1) is 46.3 Å². The van der Waals surface area contributed by atoms with Crippen LogP contribution in [0.15, 0.2) is 0 Å². The van der Waals surface area contributed by atoms with Crippen molar-refractivity contribution < 1.29 is 9.53 Å². The summed E-state index contributed by atoms with van der Waals surface area (Å²) in [6, 6.07) is 0.375. The monoisotopic (exact) mass is 457 g/mol. The van der Waals surface area contributed by atoms with E-state index in [9.17, 15) is 4.79 Å². The first-order valence-electron chi connectivity index (χ1n) is 14.6. The number of hydrogen-bond donors (Lipinski definition) is 0. The van der Waals surface area contributed by atoms with Crippen LogP contribution in [0.2, 0.25) is 0 Å². The van der Waals surface area contributed by atoms with E-state index in [1.807, 2.05) is 0 Å². The van der Waals surface area contributed by atoms with E-state index in [0.717, 1.165) is 48.9 Å². The molecule has 5 fully saturated rings. The summed E-state index contributed by atoms with van der Waals surface area (Å²) < 4.78 is 6.85. The fourth-order valence-electron chi connectivity index (χ4n) is 9.68. The topological polar surface area (TPSA) is 29.5 Å². The fourth-order valence-corrected chi connectivity index (χ4v) is 9.68. The maximum atomic E-state index is 12.7. The highest BCUT2D eigenvalue weighted by atomic mass is 16.5. The third kappa shape index (κ3) is 4.11. The molecule has 3 nitrogen and oxygen atoms in total. The van der Waals surface area contributed by atoms with Crippen LogP contribution in [0.3, 0.4) is 0 Å². The first-order chi connectivity index (χ1) is 15.6. The molecular weight excluding hydrogens is 406 g/mol. The van der Waals surface area contributed by atoms with E-state index in [0.29, 0.717) is 35.5 Å². The summed E-state index contributed by atoms with van der Waals surface area (Å²) in [5.74, 6) is 5.18. The van der Waals surface area contributed by atoms with Crippen LogP contribution in [-0.4, -0.2) is 36.1 Å². The van der Waals surface area contributed by atoms with Crippen molar-refractivity contribution in [3.8, 4) is 0 Å². The molecule has 1 heterocycles. The van der Waals surface area contributed by atoms with Gasteiger partial charge in [0.05, 0.1) is 12.2 Å². The smallest absolute Gasteiger partial charge is 0.222 e. The summed E-state index contributed by atoms with van der Waals surface area (Å²) in [4.78, 5) is 14.8. The van der Waals surface area contributed by atoms with Crippen LogP contribution < -0.4 is 0 Å². The van der Waals surface area contributed by atoms with Gasteiger partial charge >= 0.3 is 0 Å². The Labute approximate surface area is 203 Å². The number of carbonyl (C=O) groups is 1. The number of fused-ring (bicyclic) bond motifs is 5. The number of amides is 1. The third-order valence-electron chi connectivity index (χ3n) is 11.7. The summed E-state index contributed by atoms with van der Waals surface area (Å²) in [5.41, 5.74) is 0.766. The molecule has 5 rings (SSSR count). The minimum absolute atomic E-state index is 0.277. The van der Waals surface area contributed by atoms with Crippen molar-refractivity contribution in [1.29, 1.82) is 0 Å². The first-order valence-corrected chi connectivity index (χ1v) is 14.6. The number of hydrogen-bond acceptors (Lipinski definition) is 2. The Morgan fingerprint density at radius 3 is 2.39 bits per heavy atom. The van der Waals surface area contributed by atoms with E-state index in [-0.39, 0.29) is 5.41 Å². The molecule has 0 aromatic heterocycles. The van der Waals surface area contributed by atoms with Gasteiger partial charge in [0.2, 0.25) is 5.91 Å². The second-order valence-electron chi connectivity index (χ2n) is 14.0. The van der Waals surface area contributed by atoms with Gasteiger partial charge in [0.15, 0.2) is 0 Å². The van der Waals surface area contributed by atoms with Crippen molar-refractivity contribution in [3.63, 3.8) is 0 Å². The lowest BCUT2D eigenvalue weighted by Gasteiger charge is -2.64. The Morgan fingerprint density at radius 2 is 1.70 bits per heavy atom. The normalized spacial score (nSPS) is 46.2.